The van der Waals surface area contributed by atoms with Gasteiger partial charge in [0.15, 0.2) is 0 Å². The summed E-state index contributed by atoms with van der Waals surface area (Å²) in [5.74, 6) is -0.764. The second-order valence-corrected chi connectivity index (χ2v) is 5.56. The predicted molar refractivity (Wildman–Crippen MR) is 87.4 cm³/mol. The van der Waals surface area contributed by atoms with Crippen molar-refractivity contribution in [3.05, 3.63) is 47.0 Å². The van der Waals surface area contributed by atoms with E-state index in [1.54, 1.807) is 6.07 Å². The van der Waals surface area contributed by atoms with Gasteiger partial charge in [-0.2, -0.15) is 0 Å². The van der Waals surface area contributed by atoms with Crippen LogP contribution in [0.15, 0.2) is 24.3 Å². The first-order chi connectivity index (χ1) is 10.5. The number of nitrogens with zero attached hydrogens (tertiary/aromatic N) is 1. The molecule has 0 aliphatic rings. The maximum atomic E-state index is 13.6. The normalized spacial score (nSPS) is 10.9. The highest BCUT2D eigenvalue weighted by atomic mass is 19.1. The van der Waals surface area contributed by atoms with Crippen molar-refractivity contribution in [3.8, 4) is 11.1 Å². The molecule has 1 amide bonds. The van der Waals surface area contributed by atoms with E-state index < -0.39 is 5.91 Å². The van der Waals surface area contributed by atoms with Crippen LogP contribution in [-0.2, 0) is 13.0 Å². The maximum absolute atomic E-state index is 13.6. The Hall–Kier alpha value is -2.10. The van der Waals surface area contributed by atoms with Crippen molar-refractivity contribution in [2.45, 2.75) is 46.6 Å². The molecule has 0 radical (unpaired) electrons. The van der Waals surface area contributed by atoms with Gasteiger partial charge in [-0.3, -0.25) is 4.79 Å². The summed E-state index contributed by atoms with van der Waals surface area (Å²) in [6, 6.07) is 6.37. The Bertz CT molecular complexity index is 689. The molecule has 0 saturated carbocycles. The van der Waals surface area contributed by atoms with Crippen LogP contribution >= 0.6 is 0 Å². The van der Waals surface area contributed by atoms with Crippen molar-refractivity contribution in [1.82, 2.24) is 4.57 Å². The first-order valence-corrected chi connectivity index (χ1v) is 7.78. The van der Waals surface area contributed by atoms with E-state index >= 15 is 0 Å². The number of amides is 1. The lowest BCUT2D eigenvalue weighted by Crippen LogP contribution is -2.13. The average molecular weight is 302 g/mol. The SMILES string of the molecule is CCCc1c(-c2cccc(F)c2)c(C(N)=O)c(C)n1CCC. The lowest BCUT2D eigenvalue weighted by molar-refractivity contribution is 0.1000. The Morgan fingerprint density at radius 3 is 2.55 bits per heavy atom. The summed E-state index contributed by atoms with van der Waals surface area (Å²) >= 11 is 0. The van der Waals surface area contributed by atoms with Gasteiger partial charge in [-0.1, -0.05) is 32.4 Å². The molecule has 0 spiro atoms. The Kier molecular flexibility index (Phi) is 5.01. The van der Waals surface area contributed by atoms with Crippen LogP contribution in [0.3, 0.4) is 0 Å². The van der Waals surface area contributed by atoms with Crippen molar-refractivity contribution in [1.29, 1.82) is 0 Å². The van der Waals surface area contributed by atoms with E-state index in [1.165, 1.54) is 12.1 Å². The molecule has 1 heterocycles. The molecule has 0 bridgehead atoms. The van der Waals surface area contributed by atoms with Gasteiger partial charge in [0.25, 0.3) is 5.91 Å². The number of carbonyl (C=O) groups excluding carboxylic acids is 1. The van der Waals surface area contributed by atoms with Crippen molar-refractivity contribution < 1.29 is 9.18 Å². The van der Waals surface area contributed by atoms with Gasteiger partial charge in [-0.05, 0) is 37.5 Å². The van der Waals surface area contributed by atoms with E-state index in [4.69, 9.17) is 5.73 Å². The van der Waals surface area contributed by atoms with E-state index in [9.17, 15) is 9.18 Å². The van der Waals surface area contributed by atoms with Crippen LogP contribution in [0, 0.1) is 12.7 Å². The van der Waals surface area contributed by atoms with Gasteiger partial charge in [0.2, 0.25) is 0 Å². The topological polar surface area (TPSA) is 48.0 Å². The number of hydrogen-bond acceptors (Lipinski definition) is 1. The minimum Gasteiger partial charge on any atom is -0.366 e. The lowest BCUT2D eigenvalue weighted by Gasteiger charge is -2.11. The van der Waals surface area contributed by atoms with Crippen LogP contribution in [0.4, 0.5) is 4.39 Å². The number of rotatable bonds is 6. The van der Waals surface area contributed by atoms with E-state index in [0.29, 0.717) is 5.56 Å². The summed E-state index contributed by atoms with van der Waals surface area (Å²) in [6.07, 6.45) is 2.75. The second kappa shape index (κ2) is 6.77. The molecule has 4 heteroatoms. The molecule has 22 heavy (non-hydrogen) atoms. The molecule has 1 aromatic carbocycles. The minimum atomic E-state index is -0.455. The number of carbonyl (C=O) groups is 1. The third-order valence-corrected chi connectivity index (χ3v) is 3.92. The van der Waals surface area contributed by atoms with Gasteiger partial charge < -0.3 is 10.3 Å². The van der Waals surface area contributed by atoms with Gasteiger partial charge in [0, 0.05) is 23.5 Å². The van der Waals surface area contributed by atoms with E-state index in [-0.39, 0.29) is 5.82 Å². The molecule has 1 aromatic heterocycles. The first kappa shape index (κ1) is 16.3. The van der Waals surface area contributed by atoms with Crippen molar-refractivity contribution in [2.75, 3.05) is 0 Å². The fourth-order valence-electron chi connectivity index (χ4n) is 3.08. The number of hydrogen-bond donors (Lipinski definition) is 1. The summed E-state index contributed by atoms with van der Waals surface area (Å²) in [7, 11) is 0. The molecule has 2 N–H and O–H groups in total. The standard InChI is InChI=1S/C18H23FN2O/c1-4-7-15-17(13-8-6-9-14(19)11-13)16(18(20)22)12(3)21(15)10-5-2/h6,8-9,11H,4-5,7,10H2,1-3H3,(H2,20,22). The Balaban J connectivity index is 2.78. The fourth-order valence-corrected chi connectivity index (χ4v) is 3.08. The minimum absolute atomic E-state index is 0.309. The summed E-state index contributed by atoms with van der Waals surface area (Å²) < 4.78 is 15.8. The number of benzene rings is 1. The van der Waals surface area contributed by atoms with E-state index in [0.717, 1.165) is 48.3 Å². The molecule has 2 rings (SSSR count). The van der Waals surface area contributed by atoms with Crippen LogP contribution in [0.5, 0.6) is 0 Å². The van der Waals surface area contributed by atoms with Crippen molar-refractivity contribution in [3.63, 3.8) is 0 Å². The molecule has 118 valence electrons. The highest BCUT2D eigenvalue weighted by Crippen LogP contribution is 2.34. The highest BCUT2D eigenvalue weighted by Gasteiger charge is 2.24. The van der Waals surface area contributed by atoms with E-state index in [2.05, 4.69) is 18.4 Å². The number of nitrogens with two attached hydrogens (primary N) is 1. The van der Waals surface area contributed by atoms with Gasteiger partial charge in [-0.15, -0.1) is 0 Å². The van der Waals surface area contributed by atoms with Gasteiger partial charge >= 0.3 is 0 Å². The van der Waals surface area contributed by atoms with Crippen LogP contribution in [-0.4, -0.2) is 10.5 Å². The molecule has 0 aliphatic heterocycles. The third kappa shape index (κ3) is 2.91. The van der Waals surface area contributed by atoms with Crippen molar-refractivity contribution >= 4 is 5.91 Å². The van der Waals surface area contributed by atoms with Crippen LogP contribution < -0.4 is 5.73 Å². The van der Waals surface area contributed by atoms with Gasteiger partial charge in [0.05, 0.1) is 5.56 Å². The van der Waals surface area contributed by atoms with Gasteiger partial charge in [0.1, 0.15) is 5.82 Å². The Morgan fingerprint density at radius 2 is 2.00 bits per heavy atom. The highest BCUT2D eigenvalue weighted by molar-refractivity contribution is 6.02. The van der Waals surface area contributed by atoms with E-state index in [1.807, 2.05) is 13.0 Å². The van der Waals surface area contributed by atoms with Crippen LogP contribution in [0.2, 0.25) is 0 Å². The molecular weight excluding hydrogens is 279 g/mol. The zero-order valence-corrected chi connectivity index (χ0v) is 13.4. The lowest BCUT2D eigenvalue weighted by atomic mass is 9.98. The molecule has 2 aromatic rings. The number of halogens is 1. The molecule has 0 aliphatic carbocycles. The van der Waals surface area contributed by atoms with Crippen molar-refractivity contribution in [2.24, 2.45) is 5.73 Å². The predicted octanol–water partition coefficient (Wildman–Crippen LogP) is 4.06. The Morgan fingerprint density at radius 1 is 1.27 bits per heavy atom. The largest absolute Gasteiger partial charge is 0.366 e. The number of primary amides is 1. The third-order valence-electron chi connectivity index (χ3n) is 3.92. The quantitative estimate of drug-likeness (QED) is 0.859. The van der Waals surface area contributed by atoms with Crippen LogP contribution in [0.1, 0.15) is 48.4 Å². The zero-order valence-electron chi connectivity index (χ0n) is 13.4. The molecule has 0 unspecified atom stereocenters. The fraction of sp³-hybridized carbons (Fsp3) is 0.389. The smallest absolute Gasteiger partial charge is 0.251 e. The molecule has 0 atom stereocenters. The second-order valence-electron chi connectivity index (χ2n) is 5.56. The zero-order chi connectivity index (χ0) is 16.3. The number of aromatic nitrogens is 1. The van der Waals surface area contributed by atoms with Crippen LogP contribution in [0.25, 0.3) is 11.1 Å². The molecular formula is C18H23FN2O. The summed E-state index contributed by atoms with van der Waals surface area (Å²) in [6.45, 7) is 6.94. The first-order valence-electron chi connectivity index (χ1n) is 7.78. The average Bonchev–Trinajstić information content (AvgIpc) is 2.73. The summed E-state index contributed by atoms with van der Waals surface area (Å²) in [5.41, 5.74) is 9.59. The Labute approximate surface area is 130 Å². The molecule has 3 nitrogen and oxygen atoms in total. The summed E-state index contributed by atoms with van der Waals surface area (Å²) in [4.78, 5) is 12.0. The monoisotopic (exact) mass is 302 g/mol. The molecule has 0 fully saturated rings. The summed E-state index contributed by atoms with van der Waals surface area (Å²) in [5, 5.41) is 0. The molecule has 0 saturated heterocycles. The van der Waals surface area contributed by atoms with Gasteiger partial charge in [-0.25, -0.2) is 4.39 Å². The maximum Gasteiger partial charge on any atom is 0.251 e.